The molecular formula is C84H58N8. The Morgan fingerprint density at radius 2 is 0.576 bits per heavy atom. The maximum Gasteiger partial charge on any atom is 0.160 e. The molecule has 0 spiro atoms. The Balaban J connectivity index is 0.891. The predicted molar refractivity (Wildman–Crippen MR) is 381 cm³/mol. The number of aromatic nitrogens is 8. The minimum absolute atomic E-state index is 0.601. The molecule has 0 atom stereocenters. The molecule has 0 N–H and O–H groups in total. The van der Waals surface area contributed by atoms with Crippen molar-refractivity contribution in [3.05, 3.63) is 302 Å². The molecule has 434 valence electrons. The first kappa shape index (κ1) is 53.1. The molecule has 0 amide bonds. The van der Waals surface area contributed by atoms with Gasteiger partial charge in [-0.25, -0.2) is 9.97 Å². The first-order valence-corrected chi connectivity index (χ1v) is 31.4. The molecule has 0 aliphatic heterocycles. The maximum atomic E-state index is 5.73. The van der Waals surface area contributed by atoms with Gasteiger partial charge in [0.15, 0.2) is 5.82 Å². The highest BCUT2D eigenvalue weighted by Crippen LogP contribution is 2.46. The fourth-order valence-corrected chi connectivity index (χ4v) is 14.6. The molecule has 7 heterocycles. The van der Waals surface area contributed by atoms with Crippen molar-refractivity contribution in [1.82, 2.24) is 38.2 Å². The van der Waals surface area contributed by atoms with Crippen LogP contribution in [0.1, 0.15) is 22.3 Å². The Bertz CT molecular complexity index is 5730. The van der Waals surface area contributed by atoms with E-state index in [1.54, 1.807) is 0 Å². The third kappa shape index (κ3) is 8.30. The first-order chi connectivity index (χ1) is 45.3. The lowest BCUT2D eigenvalue weighted by Crippen LogP contribution is -2.04. The van der Waals surface area contributed by atoms with E-state index < -0.39 is 0 Å². The van der Waals surface area contributed by atoms with Gasteiger partial charge in [-0.2, -0.15) is 0 Å². The van der Waals surface area contributed by atoms with Crippen LogP contribution in [0, 0.1) is 27.7 Å². The van der Waals surface area contributed by atoms with Crippen LogP contribution >= 0.6 is 0 Å². The second-order valence-electron chi connectivity index (χ2n) is 24.6. The second-order valence-corrected chi connectivity index (χ2v) is 24.6. The van der Waals surface area contributed by atoms with E-state index >= 15 is 0 Å². The van der Waals surface area contributed by atoms with E-state index in [-0.39, 0.29) is 0 Å². The number of pyridine rings is 2. The van der Waals surface area contributed by atoms with E-state index in [2.05, 4.69) is 301 Å². The lowest BCUT2D eigenvalue weighted by atomic mass is 9.98. The lowest BCUT2D eigenvalue weighted by Gasteiger charge is -2.20. The largest absolute Gasteiger partial charge is 0.309 e. The van der Waals surface area contributed by atoms with Crippen LogP contribution in [0.3, 0.4) is 0 Å². The highest BCUT2D eigenvalue weighted by Gasteiger charge is 2.26. The van der Waals surface area contributed by atoms with Crippen LogP contribution < -0.4 is 0 Å². The van der Waals surface area contributed by atoms with Crippen molar-refractivity contribution in [2.45, 2.75) is 27.7 Å². The van der Waals surface area contributed by atoms with Gasteiger partial charge in [-0.3, -0.25) is 9.97 Å². The van der Waals surface area contributed by atoms with Gasteiger partial charge in [-0.05, 0) is 131 Å². The molecule has 0 saturated carbocycles. The summed E-state index contributed by atoms with van der Waals surface area (Å²) in [6, 6.07) is 92.8. The number of nitrogens with zero attached hydrogens (tertiary/aromatic N) is 8. The summed E-state index contributed by atoms with van der Waals surface area (Å²) in [6.45, 7) is 8.68. The fraction of sp³-hybridized carbons (Fsp3) is 0.0476. The number of hydrogen-bond donors (Lipinski definition) is 0. The standard InChI is InChI=1S/C84H58N8/c1-51-26-34-76-64(42-51)58-18-8-12-22-72(58)89(76)80-38-40-85-49-68(80)62-32-30-56(46-82(62)91-74-24-14-10-20-60(74)66-44-53(3)28-36-78(66)91)71-48-70(55-16-6-5-7-17-55)87-84(88-71)57-31-33-63(83(47-57)92-75-25-15-11-21-61(75)67-45-54(4)29-37-79(67)92)69-50-86-41-39-81(69)90-73-23-13-9-19-59(73)65-43-52(2)27-35-77(65)90/h5-50H,1-4H3. The highest BCUT2D eigenvalue weighted by atomic mass is 15.0. The molecule has 8 nitrogen and oxygen atoms in total. The summed E-state index contributed by atoms with van der Waals surface area (Å²) in [6.07, 6.45) is 7.90. The summed E-state index contributed by atoms with van der Waals surface area (Å²) in [4.78, 5) is 21.1. The zero-order chi connectivity index (χ0) is 61.3. The molecule has 92 heavy (non-hydrogen) atoms. The molecule has 18 aromatic rings. The van der Waals surface area contributed by atoms with Crippen molar-refractivity contribution in [2.75, 3.05) is 0 Å². The van der Waals surface area contributed by atoms with Gasteiger partial charge < -0.3 is 18.3 Å². The van der Waals surface area contributed by atoms with E-state index in [1.165, 1.54) is 65.3 Å². The molecule has 0 fully saturated rings. The van der Waals surface area contributed by atoms with E-state index in [1.807, 2.05) is 24.8 Å². The third-order valence-corrected chi connectivity index (χ3v) is 18.8. The fourth-order valence-electron chi connectivity index (χ4n) is 14.6. The smallest absolute Gasteiger partial charge is 0.160 e. The number of hydrogen-bond acceptors (Lipinski definition) is 4. The Morgan fingerprint density at radius 1 is 0.239 bits per heavy atom. The van der Waals surface area contributed by atoms with Crippen molar-refractivity contribution in [3.8, 4) is 78.9 Å². The van der Waals surface area contributed by atoms with Crippen molar-refractivity contribution >= 4 is 87.2 Å². The topological polar surface area (TPSA) is 71.3 Å². The second kappa shape index (κ2) is 20.8. The van der Waals surface area contributed by atoms with Crippen LogP contribution in [-0.4, -0.2) is 38.2 Å². The van der Waals surface area contributed by atoms with Gasteiger partial charge >= 0.3 is 0 Å². The monoisotopic (exact) mass is 1180 g/mol. The Morgan fingerprint density at radius 3 is 0.989 bits per heavy atom. The molecule has 11 aromatic carbocycles. The molecule has 7 aromatic heterocycles. The zero-order valence-corrected chi connectivity index (χ0v) is 51.1. The minimum atomic E-state index is 0.601. The number of fused-ring (bicyclic) bond motifs is 12. The van der Waals surface area contributed by atoms with Crippen LogP contribution in [0.15, 0.2) is 280 Å². The predicted octanol–water partition coefficient (Wildman–Crippen LogP) is 21.2. The summed E-state index contributed by atoms with van der Waals surface area (Å²) in [5, 5.41) is 9.59. The van der Waals surface area contributed by atoms with E-state index in [0.717, 1.165) is 117 Å². The van der Waals surface area contributed by atoms with Crippen LogP contribution in [0.2, 0.25) is 0 Å². The number of para-hydroxylation sites is 4. The highest BCUT2D eigenvalue weighted by molar-refractivity contribution is 6.14. The average molecular weight is 1180 g/mol. The minimum Gasteiger partial charge on any atom is -0.309 e. The lowest BCUT2D eigenvalue weighted by molar-refractivity contribution is 1.13. The summed E-state index contributed by atoms with van der Waals surface area (Å²) in [5.74, 6) is 0.601. The van der Waals surface area contributed by atoms with Gasteiger partial charge in [0.2, 0.25) is 0 Å². The third-order valence-electron chi connectivity index (χ3n) is 18.8. The molecule has 0 aliphatic carbocycles. The van der Waals surface area contributed by atoms with Crippen LogP contribution in [0.5, 0.6) is 0 Å². The molecule has 0 aliphatic rings. The van der Waals surface area contributed by atoms with Crippen molar-refractivity contribution < 1.29 is 0 Å². The van der Waals surface area contributed by atoms with Gasteiger partial charge in [0.25, 0.3) is 0 Å². The summed E-state index contributed by atoms with van der Waals surface area (Å²) in [5.41, 5.74) is 26.3. The van der Waals surface area contributed by atoms with Crippen molar-refractivity contribution in [2.24, 2.45) is 0 Å². The molecule has 0 radical (unpaired) electrons. The first-order valence-electron chi connectivity index (χ1n) is 31.4. The maximum absolute atomic E-state index is 5.73. The number of benzene rings is 11. The summed E-state index contributed by atoms with van der Waals surface area (Å²) in [7, 11) is 0. The van der Waals surface area contributed by atoms with E-state index in [0.29, 0.717) is 5.82 Å². The molecule has 0 saturated heterocycles. The molecule has 0 unspecified atom stereocenters. The van der Waals surface area contributed by atoms with Crippen LogP contribution in [-0.2, 0) is 0 Å². The summed E-state index contributed by atoms with van der Waals surface area (Å²) >= 11 is 0. The Labute approximate surface area is 530 Å². The Kier molecular flexibility index (Phi) is 12.0. The molecular weight excluding hydrogens is 1120 g/mol. The van der Waals surface area contributed by atoms with Gasteiger partial charge in [-0.15, -0.1) is 0 Å². The average Bonchev–Trinajstić information content (AvgIpc) is 1.54. The van der Waals surface area contributed by atoms with E-state index in [9.17, 15) is 0 Å². The van der Waals surface area contributed by atoms with Crippen molar-refractivity contribution in [3.63, 3.8) is 0 Å². The number of aryl methyl sites for hydroxylation is 4. The SMILES string of the molecule is Cc1ccc2c(c1)c1ccccc1n2-c1ccncc1-c1ccc(-c2cc(-c3ccccc3)nc(-c3ccc(-c4cnccc4-n4c5ccccc5c5cc(C)ccc54)c(-n4c5ccccc5c5cc(C)ccc54)c3)n2)cc1-n1c2ccccc2c2cc(C)ccc21. The van der Waals surface area contributed by atoms with Gasteiger partial charge in [0.1, 0.15) is 0 Å². The summed E-state index contributed by atoms with van der Waals surface area (Å²) < 4.78 is 9.70. The Hall–Kier alpha value is -12.0. The van der Waals surface area contributed by atoms with Gasteiger partial charge in [-0.1, -0.05) is 174 Å². The quantitative estimate of drug-likeness (QED) is 0.144. The van der Waals surface area contributed by atoms with Gasteiger partial charge in [0.05, 0.1) is 78.3 Å². The van der Waals surface area contributed by atoms with Crippen LogP contribution in [0.4, 0.5) is 0 Å². The van der Waals surface area contributed by atoms with Gasteiger partial charge in [0, 0.05) is 107 Å². The molecule has 0 bridgehead atoms. The number of rotatable bonds is 9. The van der Waals surface area contributed by atoms with Crippen LogP contribution in [0.25, 0.3) is 166 Å². The molecule has 18 rings (SSSR count). The molecule has 8 heteroatoms. The zero-order valence-electron chi connectivity index (χ0n) is 51.1. The normalized spacial score (nSPS) is 11.9. The van der Waals surface area contributed by atoms with E-state index in [4.69, 9.17) is 19.9 Å². The van der Waals surface area contributed by atoms with Crippen molar-refractivity contribution in [1.29, 1.82) is 0 Å².